The number of anilines is 3. The Morgan fingerprint density at radius 2 is 1.91 bits per heavy atom. The molecule has 0 saturated carbocycles. The number of amides is 1. The number of hydrogen-bond donors (Lipinski definition) is 2. The largest absolute Gasteiger partial charge is 0.382 e. The summed E-state index contributed by atoms with van der Waals surface area (Å²) in [6.07, 6.45) is 7.23. The predicted molar refractivity (Wildman–Crippen MR) is 126 cm³/mol. The van der Waals surface area contributed by atoms with Gasteiger partial charge in [0, 0.05) is 38.3 Å². The zero-order valence-electron chi connectivity index (χ0n) is 18.5. The van der Waals surface area contributed by atoms with Gasteiger partial charge in [-0.2, -0.15) is 5.10 Å². The lowest BCUT2D eigenvalue weighted by atomic mass is 9.73. The summed E-state index contributed by atoms with van der Waals surface area (Å²) in [6.45, 7) is 3.10. The second-order valence-electron chi connectivity index (χ2n) is 9.39. The molecule has 3 aliphatic rings. The van der Waals surface area contributed by atoms with Crippen molar-refractivity contribution in [2.75, 3.05) is 35.2 Å². The van der Waals surface area contributed by atoms with Crippen molar-refractivity contribution < 1.29 is 4.79 Å². The number of nitrogens with two attached hydrogens (primary N) is 2. The first kappa shape index (κ1) is 20.2. The Labute approximate surface area is 192 Å². The van der Waals surface area contributed by atoms with E-state index in [1.54, 1.807) is 17.3 Å². The van der Waals surface area contributed by atoms with Crippen LogP contribution in [0.25, 0.3) is 0 Å². The summed E-state index contributed by atoms with van der Waals surface area (Å²) in [4.78, 5) is 26.1. The smallest absolute Gasteiger partial charge is 0.281 e. The van der Waals surface area contributed by atoms with Crippen molar-refractivity contribution in [2.24, 2.45) is 11.1 Å². The molecule has 3 aromatic rings. The Morgan fingerprint density at radius 1 is 1.09 bits per heavy atom. The zero-order chi connectivity index (χ0) is 22.6. The van der Waals surface area contributed by atoms with E-state index < -0.39 is 0 Å². The highest BCUT2D eigenvalue weighted by Crippen LogP contribution is 2.50. The Bertz CT molecular complexity index is 1210. The Morgan fingerprint density at radius 3 is 2.70 bits per heavy atom. The molecule has 1 aliphatic carbocycles. The first-order valence-corrected chi connectivity index (χ1v) is 11.6. The number of aromatic nitrogens is 4. The Hall–Kier alpha value is -3.46. The highest BCUT2D eigenvalue weighted by molar-refractivity contribution is 6.07. The predicted octanol–water partition coefficient (Wildman–Crippen LogP) is 2.15. The summed E-state index contributed by atoms with van der Waals surface area (Å²) < 4.78 is 1.83. The van der Waals surface area contributed by atoms with E-state index in [2.05, 4.69) is 44.2 Å². The molecule has 6 rings (SSSR count). The lowest BCUT2D eigenvalue weighted by molar-refractivity contribution is 0.0977. The second kappa shape index (κ2) is 7.55. The summed E-state index contributed by atoms with van der Waals surface area (Å²) in [6, 6.07) is 10.4. The molecule has 4 heterocycles. The van der Waals surface area contributed by atoms with Gasteiger partial charge in [-0.25, -0.2) is 14.6 Å². The van der Waals surface area contributed by atoms with Gasteiger partial charge in [-0.1, -0.05) is 24.3 Å². The number of benzene rings is 1. The van der Waals surface area contributed by atoms with E-state index >= 15 is 0 Å². The van der Waals surface area contributed by atoms with Crippen molar-refractivity contribution in [1.29, 1.82) is 0 Å². The van der Waals surface area contributed by atoms with Crippen LogP contribution in [0.2, 0.25) is 0 Å². The first-order chi connectivity index (χ1) is 16.1. The van der Waals surface area contributed by atoms with E-state index in [-0.39, 0.29) is 28.9 Å². The average Bonchev–Trinajstić information content (AvgIpc) is 3.42. The second-order valence-corrected chi connectivity index (χ2v) is 9.39. The fraction of sp³-hybridized carbons (Fsp3) is 0.417. The standard InChI is InChI=1S/C24H28N8O/c25-21-17-5-2-1-4-16(17)14-24(21)7-12-30(13-8-24)18-15-27-20(22(26)29-18)23(33)31-10-3-11-32-19(31)6-9-28-32/h1-2,4-6,9,15,21H,3,7-8,10-14,25H2,(H2,26,29). The topological polar surface area (TPSA) is 119 Å². The first-order valence-electron chi connectivity index (χ1n) is 11.6. The van der Waals surface area contributed by atoms with Crippen LogP contribution >= 0.6 is 0 Å². The number of rotatable bonds is 2. The van der Waals surface area contributed by atoms with Gasteiger partial charge in [0.25, 0.3) is 5.91 Å². The molecule has 1 fully saturated rings. The molecule has 0 radical (unpaired) electrons. The lowest BCUT2D eigenvalue weighted by Gasteiger charge is -2.42. The number of carbonyl (C=O) groups excluding carboxylic acids is 1. The number of nitrogens with zero attached hydrogens (tertiary/aromatic N) is 6. The van der Waals surface area contributed by atoms with Crippen LogP contribution in [0.4, 0.5) is 17.5 Å². The molecule has 1 atom stereocenters. The molecule has 9 heteroatoms. The number of carbonyl (C=O) groups is 1. The van der Waals surface area contributed by atoms with Gasteiger partial charge in [-0.15, -0.1) is 0 Å². The highest BCUT2D eigenvalue weighted by atomic mass is 16.2. The van der Waals surface area contributed by atoms with E-state index in [4.69, 9.17) is 11.5 Å². The van der Waals surface area contributed by atoms with Crippen molar-refractivity contribution >= 4 is 23.4 Å². The zero-order valence-corrected chi connectivity index (χ0v) is 18.5. The summed E-state index contributed by atoms with van der Waals surface area (Å²) in [5, 5.41) is 4.27. The van der Waals surface area contributed by atoms with Gasteiger partial charge in [0.05, 0.1) is 12.4 Å². The maximum Gasteiger partial charge on any atom is 0.281 e. The van der Waals surface area contributed by atoms with Crippen molar-refractivity contribution in [1.82, 2.24) is 19.7 Å². The van der Waals surface area contributed by atoms with Crippen LogP contribution in [0.15, 0.2) is 42.7 Å². The van der Waals surface area contributed by atoms with Gasteiger partial charge in [0.15, 0.2) is 11.5 Å². The van der Waals surface area contributed by atoms with Crippen molar-refractivity contribution in [3.8, 4) is 0 Å². The van der Waals surface area contributed by atoms with E-state index in [0.29, 0.717) is 12.4 Å². The molecule has 1 spiro atoms. The fourth-order valence-corrected chi connectivity index (χ4v) is 5.75. The van der Waals surface area contributed by atoms with E-state index in [1.807, 2.05) is 10.7 Å². The van der Waals surface area contributed by atoms with Gasteiger partial charge < -0.3 is 16.4 Å². The SMILES string of the molecule is Nc1nc(N2CCC3(CC2)Cc2ccccc2C3N)cnc1C(=O)N1CCCn2nccc21. The molecule has 4 N–H and O–H groups in total. The van der Waals surface area contributed by atoms with Crippen molar-refractivity contribution in [3.05, 3.63) is 59.5 Å². The molecular formula is C24H28N8O. The summed E-state index contributed by atoms with van der Waals surface area (Å²) >= 11 is 0. The maximum atomic E-state index is 13.2. The molecule has 1 saturated heterocycles. The van der Waals surface area contributed by atoms with Crippen LogP contribution in [-0.2, 0) is 13.0 Å². The van der Waals surface area contributed by atoms with Gasteiger partial charge >= 0.3 is 0 Å². The van der Waals surface area contributed by atoms with Crippen LogP contribution in [0.5, 0.6) is 0 Å². The van der Waals surface area contributed by atoms with Gasteiger partial charge in [-0.05, 0) is 42.2 Å². The monoisotopic (exact) mass is 444 g/mol. The molecule has 2 aliphatic heterocycles. The van der Waals surface area contributed by atoms with Gasteiger partial charge in [-0.3, -0.25) is 9.69 Å². The van der Waals surface area contributed by atoms with Gasteiger partial charge in [0.1, 0.15) is 11.6 Å². The van der Waals surface area contributed by atoms with Crippen LogP contribution < -0.4 is 21.3 Å². The third-order valence-electron chi connectivity index (χ3n) is 7.63. The minimum Gasteiger partial charge on any atom is -0.382 e. The molecule has 33 heavy (non-hydrogen) atoms. The van der Waals surface area contributed by atoms with E-state index in [0.717, 1.165) is 51.1 Å². The number of piperidine rings is 1. The Kier molecular flexibility index (Phi) is 4.62. The quantitative estimate of drug-likeness (QED) is 0.621. The number of hydrogen-bond acceptors (Lipinski definition) is 7. The molecule has 1 unspecified atom stereocenters. The maximum absolute atomic E-state index is 13.2. The van der Waals surface area contributed by atoms with Crippen molar-refractivity contribution in [3.63, 3.8) is 0 Å². The summed E-state index contributed by atoms with van der Waals surface area (Å²) in [7, 11) is 0. The van der Waals surface area contributed by atoms with Crippen LogP contribution in [-0.4, -0.2) is 45.3 Å². The third-order valence-corrected chi connectivity index (χ3v) is 7.63. The molecule has 2 aromatic heterocycles. The Balaban J connectivity index is 1.18. The molecule has 1 aromatic carbocycles. The summed E-state index contributed by atoms with van der Waals surface area (Å²) in [5.41, 5.74) is 15.9. The highest BCUT2D eigenvalue weighted by Gasteiger charge is 2.46. The van der Waals surface area contributed by atoms with Crippen LogP contribution in [0.1, 0.15) is 46.9 Å². The normalized spacial score (nSPS) is 21.2. The third kappa shape index (κ3) is 3.18. The van der Waals surface area contributed by atoms with Crippen LogP contribution in [0.3, 0.4) is 0 Å². The molecule has 170 valence electrons. The molecular weight excluding hydrogens is 416 g/mol. The summed E-state index contributed by atoms with van der Waals surface area (Å²) in [5.74, 6) is 1.41. The number of nitrogen functional groups attached to an aromatic ring is 1. The lowest BCUT2D eigenvalue weighted by Crippen LogP contribution is -2.44. The molecule has 1 amide bonds. The fourth-order valence-electron chi connectivity index (χ4n) is 5.75. The minimum absolute atomic E-state index is 0.0741. The van der Waals surface area contributed by atoms with Crippen molar-refractivity contribution in [2.45, 2.75) is 38.3 Å². The van der Waals surface area contributed by atoms with E-state index in [9.17, 15) is 4.79 Å². The minimum atomic E-state index is -0.236. The number of fused-ring (bicyclic) bond motifs is 2. The van der Waals surface area contributed by atoms with Gasteiger partial charge in [0.2, 0.25) is 0 Å². The van der Waals surface area contributed by atoms with Crippen LogP contribution in [0, 0.1) is 5.41 Å². The van der Waals surface area contributed by atoms with E-state index in [1.165, 1.54) is 11.1 Å². The average molecular weight is 445 g/mol. The molecule has 0 bridgehead atoms. The molecule has 9 nitrogen and oxygen atoms in total. The number of aryl methyl sites for hydroxylation is 1.